The fourth-order valence-corrected chi connectivity index (χ4v) is 0.301. The lowest BCUT2D eigenvalue weighted by molar-refractivity contribution is 0.305. The second-order valence-electron chi connectivity index (χ2n) is 0.745. The SMILES string of the molecule is OCCC#CBr. The first-order valence-corrected chi connectivity index (χ1v) is 2.40. The molecule has 0 aromatic rings. The smallest absolute Gasteiger partial charge is 0.0540 e. The van der Waals surface area contributed by atoms with Crippen LogP contribution in [0.15, 0.2) is 0 Å². The molecule has 0 atom stereocenters. The highest BCUT2D eigenvalue weighted by atomic mass is 79.9. The van der Waals surface area contributed by atoms with E-state index in [4.69, 9.17) is 5.11 Å². The molecule has 1 nitrogen and oxygen atoms in total. The van der Waals surface area contributed by atoms with Crippen molar-refractivity contribution < 1.29 is 5.11 Å². The average molecular weight is 149 g/mol. The van der Waals surface area contributed by atoms with Gasteiger partial charge in [-0.25, -0.2) is 0 Å². The molecule has 0 aliphatic rings. The summed E-state index contributed by atoms with van der Waals surface area (Å²) in [5.41, 5.74) is 0. The van der Waals surface area contributed by atoms with Gasteiger partial charge in [-0.15, -0.1) is 0 Å². The third-order valence-corrected chi connectivity index (χ3v) is 0.584. The number of rotatable bonds is 1. The minimum Gasteiger partial charge on any atom is -0.395 e. The summed E-state index contributed by atoms with van der Waals surface area (Å²) in [5, 5.41) is 8.07. The molecule has 34 valence electrons. The third-order valence-electron chi connectivity index (χ3n) is 0.304. The van der Waals surface area contributed by atoms with Gasteiger partial charge >= 0.3 is 0 Å². The minimum atomic E-state index is 0.151. The molecule has 0 amide bonds. The van der Waals surface area contributed by atoms with Gasteiger partial charge in [0.15, 0.2) is 0 Å². The average Bonchev–Trinajstić information content (AvgIpc) is 1.61. The molecule has 0 aromatic heterocycles. The monoisotopic (exact) mass is 148 g/mol. The number of hydrogen-bond acceptors (Lipinski definition) is 1. The lowest BCUT2D eigenvalue weighted by atomic mass is 10.5. The Balaban J connectivity index is 2.79. The van der Waals surface area contributed by atoms with Gasteiger partial charge in [0.05, 0.1) is 6.61 Å². The van der Waals surface area contributed by atoms with Gasteiger partial charge < -0.3 is 5.11 Å². The zero-order chi connectivity index (χ0) is 4.83. The van der Waals surface area contributed by atoms with Gasteiger partial charge in [-0.2, -0.15) is 0 Å². The molecule has 0 heterocycles. The quantitative estimate of drug-likeness (QED) is 0.544. The maximum atomic E-state index is 8.07. The van der Waals surface area contributed by atoms with E-state index < -0.39 is 0 Å². The summed E-state index contributed by atoms with van der Waals surface area (Å²) in [4.78, 5) is 2.47. The van der Waals surface area contributed by atoms with E-state index in [0.717, 1.165) is 0 Å². The van der Waals surface area contributed by atoms with Gasteiger partial charge in [-0.1, -0.05) is 5.92 Å². The molecule has 0 bridgehead atoms. The summed E-state index contributed by atoms with van der Waals surface area (Å²) < 4.78 is 0. The molecule has 0 aliphatic heterocycles. The van der Waals surface area contributed by atoms with Crippen molar-refractivity contribution in [2.75, 3.05) is 6.61 Å². The molecule has 2 heteroatoms. The number of aliphatic hydroxyl groups excluding tert-OH is 1. The molecule has 0 spiro atoms. The number of aliphatic hydroxyl groups is 1. The summed E-state index contributed by atoms with van der Waals surface area (Å²) in [7, 11) is 0. The summed E-state index contributed by atoms with van der Waals surface area (Å²) in [6.07, 6.45) is 0.561. The Morgan fingerprint density at radius 3 is 2.50 bits per heavy atom. The molecular formula is C4H5BrO. The van der Waals surface area contributed by atoms with E-state index in [1.54, 1.807) is 0 Å². The second-order valence-corrected chi connectivity index (χ2v) is 1.14. The van der Waals surface area contributed by atoms with Crippen molar-refractivity contribution in [1.82, 2.24) is 0 Å². The van der Waals surface area contributed by atoms with Crippen LogP contribution in [0.5, 0.6) is 0 Å². The molecule has 0 saturated carbocycles. The van der Waals surface area contributed by atoms with Crippen molar-refractivity contribution in [3.8, 4) is 10.8 Å². The van der Waals surface area contributed by atoms with Crippen LogP contribution in [0.25, 0.3) is 0 Å². The highest BCUT2D eigenvalue weighted by molar-refractivity contribution is 9.12. The number of halogens is 1. The summed E-state index contributed by atoms with van der Waals surface area (Å²) in [6.45, 7) is 0.151. The van der Waals surface area contributed by atoms with Crippen molar-refractivity contribution in [1.29, 1.82) is 0 Å². The molecular weight excluding hydrogens is 144 g/mol. The van der Waals surface area contributed by atoms with Crippen LogP contribution in [-0.2, 0) is 0 Å². The van der Waals surface area contributed by atoms with Crippen molar-refractivity contribution in [2.45, 2.75) is 6.42 Å². The fraction of sp³-hybridized carbons (Fsp3) is 0.500. The first-order chi connectivity index (χ1) is 2.91. The van der Waals surface area contributed by atoms with Crippen molar-refractivity contribution >= 4 is 15.9 Å². The van der Waals surface area contributed by atoms with E-state index in [1.807, 2.05) is 0 Å². The summed E-state index contributed by atoms with van der Waals surface area (Å²) in [5.74, 6) is 2.61. The largest absolute Gasteiger partial charge is 0.395 e. The summed E-state index contributed by atoms with van der Waals surface area (Å²) in [6, 6.07) is 0. The molecule has 0 rings (SSSR count). The Morgan fingerprint density at radius 1 is 1.67 bits per heavy atom. The van der Waals surface area contributed by atoms with Gasteiger partial charge in [0.1, 0.15) is 0 Å². The van der Waals surface area contributed by atoms with Crippen LogP contribution in [0.3, 0.4) is 0 Å². The molecule has 0 aliphatic carbocycles. The van der Waals surface area contributed by atoms with E-state index in [-0.39, 0.29) is 6.61 Å². The maximum Gasteiger partial charge on any atom is 0.0540 e. The first kappa shape index (κ1) is 6.00. The van der Waals surface area contributed by atoms with E-state index >= 15 is 0 Å². The van der Waals surface area contributed by atoms with E-state index in [1.165, 1.54) is 0 Å². The second kappa shape index (κ2) is 5.00. The topological polar surface area (TPSA) is 20.2 Å². The maximum absolute atomic E-state index is 8.07. The summed E-state index contributed by atoms with van der Waals surface area (Å²) >= 11 is 2.88. The Morgan fingerprint density at radius 2 is 2.33 bits per heavy atom. The highest BCUT2D eigenvalue weighted by Crippen LogP contribution is 1.72. The third kappa shape index (κ3) is 4.00. The Labute approximate surface area is 45.5 Å². The minimum absolute atomic E-state index is 0.151. The molecule has 0 unspecified atom stereocenters. The molecule has 1 N–H and O–H groups in total. The van der Waals surface area contributed by atoms with Gasteiger partial charge in [-0.05, 0) is 4.83 Å². The predicted octanol–water partition coefficient (Wildman–Crippen LogP) is 0.725. The predicted molar refractivity (Wildman–Crippen MR) is 28.4 cm³/mol. The van der Waals surface area contributed by atoms with Crippen LogP contribution in [-0.4, -0.2) is 11.7 Å². The van der Waals surface area contributed by atoms with Crippen LogP contribution in [0.4, 0.5) is 0 Å². The van der Waals surface area contributed by atoms with Crippen LogP contribution in [0.2, 0.25) is 0 Å². The zero-order valence-electron chi connectivity index (χ0n) is 3.24. The van der Waals surface area contributed by atoms with E-state index in [0.29, 0.717) is 6.42 Å². The lowest BCUT2D eigenvalue weighted by Crippen LogP contribution is -1.73. The molecule has 6 heavy (non-hydrogen) atoms. The molecule has 0 aromatic carbocycles. The van der Waals surface area contributed by atoms with Crippen molar-refractivity contribution in [3.05, 3.63) is 0 Å². The Bertz CT molecular complexity index is 69.4. The first-order valence-electron chi connectivity index (χ1n) is 1.61. The van der Waals surface area contributed by atoms with Gasteiger partial charge in [0, 0.05) is 22.4 Å². The fourth-order valence-electron chi connectivity index (χ4n) is 0.103. The molecule has 0 radical (unpaired) electrons. The van der Waals surface area contributed by atoms with Gasteiger partial charge in [-0.3, -0.25) is 0 Å². The normalized spacial score (nSPS) is 6.33. The van der Waals surface area contributed by atoms with Crippen LogP contribution < -0.4 is 0 Å². The van der Waals surface area contributed by atoms with Crippen LogP contribution in [0.1, 0.15) is 6.42 Å². The van der Waals surface area contributed by atoms with Gasteiger partial charge in [0.2, 0.25) is 0 Å². The molecule has 0 fully saturated rings. The standard InChI is InChI=1S/C4H5BrO/c5-3-1-2-4-6/h6H,2,4H2. The van der Waals surface area contributed by atoms with Crippen LogP contribution in [0, 0.1) is 10.8 Å². The van der Waals surface area contributed by atoms with Gasteiger partial charge in [0.25, 0.3) is 0 Å². The Kier molecular flexibility index (Phi) is 5.00. The van der Waals surface area contributed by atoms with E-state index in [2.05, 4.69) is 26.7 Å². The van der Waals surface area contributed by atoms with Crippen molar-refractivity contribution in [3.63, 3.8) is 0 Å². The lowest BCUT2D eigenvalue weighted by Gasteiger charge is -1.71. The molecule has 0 saturated heterocycles. The van der Waals surface area contributed by atoms with Crippen molar-refractivity contribution in [2.24, 2.45) is 0 Å². The van der Waals surface area contributed by atoms with Crippen LogP contribution >= 0.6 is 15.9 Å². The Hall–Kier alpha value is 0. The van der Waals surface area contributed by atoms with E-state index in [9.17, 15) is 0 Å². The highest BCUT2D eigenvalue weighted by Gasteiger charge is 1.65. The zero-order valence-corrected chi connectivity index (χ0v) is 4.83. The number of hydrogen-bond donors (Lipinski definition) is 1.